The van der Waals surface area contributed by atoms with Crippen LogP contribution in [0.5, 0.6) is 11.5 Å². The van der Waals surface area contributed by atoms with Gasteiger partial charge in [-0.25, -0.2) is 0 Å². The van der Waals surface area contributed by atoms with Crippen molar-refractivity contribution in [1.29, 1.82) is 0 Å². The van der Waals surface area contributed by atoms with Gasteiger partial charge < -0.3 is 19.3 Å². The maximum Gasteiger partial charge on any atom is 0.246 e. The van der Waals surface area contributed by atoms with Crippen molar-refractivity contribution in [2.24, 2.45) is 5.92 Å². The number of carbonyl (C=O) groups is 2. The van der Waals surface area contributed by atoms with Crippen LogP contribution in [0.2, 0.25) is 0 Å². The molecule has 3 aromatic carbocycles. The minimum absolute atomic E-state index is 0.0277. The summed E-state index contributed by atoms with van der Waals surface area (Å²) in [4.78, 5) is 31.3. The first kappa shape index (κ1) is 22.7. The highest BCUT2D eigenvalue weighted by Gasteiger charge is 2.46. The van der Waals surface area contributed by atoms with Crippen LogP contribution in [-0.2, 0) is 29.1 Å². The Bertz CT molecular complexity index is 1250. The van der Waals surface area contributed by atoms with Crippen LogP contribution in [0.3, 0.4) is 0 Å². The number of nitrogens with zero attached hydrogens (tertiary/aromatic N) is 2. The molecule has 0 spiro atoms. The second kappa shape index (κ2) is 11.3. The van der Waals surface area contributed by atoms with Gasteiger partial charge in [-0.15, -0.1) is 0 Å². The zero-order valence-electron chi connectivity index (χ0n) is 23.2. The third-order valence-electron chi connectivity index (χ3n) is 6.37. The summed E-state index contributed by atoms with van der Waals surface area (Å²) in [5.74, 6) is 0.246. The first-order valence-corrected chi connectivity index (χ1v) is 12.1. The van der Waals surface area contributed by atoms with E-state index in [1.165, 1.54) is 9.80 Å². The molecule has 3 atom stereocenters. The third-order valence-corrected chi connectivity index (χ3v) is 6.37. The van der Waals surface area contributed by atoms with Gasteiger partial charge in [0.15, 0.2) is 0 Å². The maximum atomic E-state index is 14.3. The molecule has 4 rings (SSSR count). The lowest BCUT2D eigenvalue weighted by Crippen LogP contribution is -2.65. The number of piperazine rings is 1. The quantitative estimate of drug-likeness (QED) is 0.438. The van der Waals surface area contributed by atoms with Crippen molar-refractivity contribution in [1.82, 2.24) is 9.80 Å². The Morgan fingerprint density at radius 1 is 0.750 bits per heavy atom. The lowest BCUT2D eigenvalue weighted by molar-refractivity contribution is -0.165. The lowest BCUT2D eigenvalue weighted by Gasteiger charge is -2.46. The Balaban J connectivity index is 1.79. The molecule has 1 heterocycles. The van der Waals surface area contributed by atoms with Crippen LogP contribution in [-0.4, -0.2) is 47.9 Å². The van der Waals surface area contributed by atoms with Crippen LogP contribution in [0.4, 0.5) is 0 Å². The van der Waals surface area contributed by atoms with E-state index in [1.807, 2.05) is 44.2 Å². The van der Waals surface area contributed by atoms with Gasteiger partial charge >= 0.3 is 0 Å². The van der Waals surface area contributed by atoms with E-state index in [-0.39, 0.29) is 24.9 Å². The van der Waals surface area contributed by atoms with Crippen molar-refractivity contribution in [3.05, 3.63) is 95.6 Å². The topological polar surface area (TPSA) is 59.1 Å². The highest BCUT2D eigenvalue weighted by Crippen LogP contribution is 2.29. The molecule has 0 saturated carbocycles. The van der Waals surface area contributed by atoms with Crippen molar-refractivity contribution in [2.75, 3.05) is 14.2 Å². The molecule has 0 N–H and O–H groups in total. The minimum atomic E-state index is -2.17. The number of rotatable bonds is 9. The largest absolute Gasteiger partial charge is 0.497 e. The molecule has 1 aliphatic heterocycles. The van der Waals surface area contributed by atoms with Gasteiger partial charge in [0.1, 0.15) is 23.6 Å². The molecule has 1 saturated heterocycles. The van der Waals surface area contributed by atoms with Gasteiger partial charge in [-0.05, 0) is 46.9 Å². The van der Waals surface area contributed by atoms with Crippen molar-refractivity contribution in [3.8, 4) is 11.5 Å². The fourth-order valence-corrected chi connectivity index (χ4v) is 4.47. The molecule has 0 radical (unpaired) electrons. The lowest BCUT2D eigenvalue weighted by atomic mass is 9.91. The van der Waals surface area contributed by atoms with Crippen molar-refractivity contribution in [2.45, 2.75) is 45.4 Å². The van der Waals surface area contributed by atoms with Gasteiger partial charge in [-0.1, -0.05) is 68.4 Å². The minimum Gasteiger partial charge on any atom is -0.497 e. The summed E-state index contributed by atoms with van der Waals surface area (Å²) in [6.45, 7) is 3.97. The molecule has 1 aliphatic rings. The van der Waals surface area contributed by atoms with Crippen LogP contribution >= 0.6 is 0 Å². The van der Waals surface area contributed by atoms with E-state index in [2.05, 4.69) is 0 Å². The number of carbonyl (C=O) groups excluding carboxylic acids is 2. The van der Waals surface area contributed by atoms with Gasteiger partial charge in [0.25, 0.3) is 0 Å². The van der Waals surface area contributed by atoms with Crippen molar-refractivity contribution in [3.63, 3.8) is 0 Å². The summed E-state index contributed by atoms with van der Waals surface area (Å²) in [5, 5.41) is 0. The molecule has 36 heavy (non-hydrogen) atoms. The van der Waals surface area contributed by atoms with E-state index in [1.54, 1.807) is 62.8 Å². The van der Waals surface area contributed by atoms with Crippen LogP contribution in [0.1, 0.15) is 33.3 Å². The Kier molecular flexibility index (Phi) is 7.10. The Morgan fingerprint density at radius 3 is 1.72 bits per heavy atom. The average Bonchev–Trinajstić information content (AvgIpc) is 2.94. The summed E-state index contributed by atoms with van der Waals surface area (Å²) in [7, 11) is 3.16. The second-order valence-corrected chi connectivity index (χ2v) is 9.18. The SMILES string of the molecule is [2H][C@H](c1ccccc1)[C@]1([2H])C(=O)N(Cc2ccc(OC)cc2)[C@@H](C(C)C)C(=O)N1Cc1ccc(OC)cc1. The number of hydrogen-bond donors (Lipinski definition) is 0. The maximum absolute atomic E-state index is 14.3. The molecule has 188 valence electrons. The van der Waals surface area contributed by atoms with Crippen LogP contribution in [0, 0.1) is 5.92 Å². The fraction of sp³-hybridized carbons (Fsp3) is 0.333. The predicted molar refractivity (Wildman–Crippen MR) is 140 cm³/mol. The summed E-state index contributed by atoms with van der Waals surface area (Å²) in [6, 6.07) is 20.3. The molecule has 1 fully saturated rings. The molecular formula is C30H34N2O4. The van der Waals surface area contributed by atoms with Crippen LogP contribution in [0.25, 0.3) is 0 Å². The molecule has 2 amide bonds. The summed E-state index contributed by atoms with van der Waals surface area (Å²) in [5.41, 5.74) is 2.05. The number of methoxy groups -OCH3 is 2. The van der Waals surface area contributed by atoms with Crippen molar-refractivity contribution < 1.29 is 21.8 Å². The average molecular weight is 489 g/mol. The second-order valence-electron chi connectivity index (χ2n) is 9.18. The van der Waals surface area contributed by atoms with E-state index in [0.29, 0.717) is 17.1 Å². The number of ether oxygens (including phenoxy) is 2. The zero-order chi connectivity index (χ0) is 27.4. The van der Waals surface area contributed by atoms with Gasteiger partial charge in [0, 0.05) is 20.9 Å². The normalized spacial score (nSPS) is 21.8. The van der Waals surface area contributed by atoms with E-state index >= 15 is 0 Å². The van der Waals surface area contributed by atoms with E-state index in [4.69, 9.17) is 10.8 Å². The summed E-state index contributed by atoms with van der Waals surface area (Å²) < 4.78 is 29.2. The number of hydrogen-bond acceptors (Lipinski definition) is 4. The van der Waals surface area contributed by atoms with E-state index in [0.717, 1.165) is 11.1 Å². The van der Waals surface area contributed by atoms with Gasteiger partial charge in [0.2, 0.25) is 11.8 Å². The fourth-order valence-electron chi connectivity index (χ4n) is 4.47. The highest BCUT2D eigenvalue weighted by molar-refractivity contribution is 5.97. The molecule has 6 nitrogen and oxygen atoms in total. The highest BCUT2D eigenvalue weighted by atomic mass is 16.5. The van der Waals surface area contributed by atoms with Crippen LogP contribution in [0.15, 0.2) is 78.9 Å². The first-order valence-electron chi connectivity index (χ1n) is 13.1. The third kappa shape index (κ3) is 5.54. The smallest absolute Gasteiger partial charge is 0.246 e. The molecule has 0 aromatic heterocycles. The van der Waals surface area contributed by atoms with E-state index in [9.17, 15) is 11.0 Å². The molecule has 0 bridgehead atoms. The van der Waals surface area contributed by atoms with E-state index < -0.39 is 24.4 Å². The molecule has 6 heteroatoms. The summed E-state index contributed by atoms with van der Waals surface area (Å²) in [6.07, 6.45) is -1.31. The molecule has 3 aromatic rings. The molecule has 0 unspecified atom stereocenters. The predicted octanol–water partition coefficient (Wildman–Crippen LogP) is 4.71. The van der Waals surface area contributed by atoms with Crippen molar-refractivity contribution >= 4 is 11.8 Å². The van der Waals surface area contributed by atoms with Gasteiger partial charge in [0.05, 0.1) is 15.6 Å². The number of amides is 2. The number of benzene rings is 3. The molecule has 0 aliphatic carbocycles. The Hall–Kier alpha value is -3.80. The van der Waals surface area contributed by atoms with Gasteiger partial charge in [-0.2, -0.15) is 0 Å². The monoisotopic (exact) mass is 488 g/mol. The zero-order valence-corrected chi connectivity index (χ0v) is 21.2. The molecular weight excluding hydrogens is 452 g/mol. The summed E-state index contributed by atoms with van der Waals surface area (Å²) >= 11 is 0. The van der Waals surface area contributed by atoms with Gasteiger partial charge in [-0.3, -0.25) is 9.59 Å². The Morgan fingerprint density at radius 2 is 1.25 bits per heavy atom. The Labute approximate surface area is 216 Å². The first-order chi connectivity index (χ1) is 18.2. The standard InChI is InChI=1S/C30H34N2O4/c1-21(2)28-30(34)31(19-23-10-14-25(35-3)15-11-23)27(18-22-8-6-5-7-9-22)29(33)32(28)20-24-12-16-26(36-4)17-13-24/h5-17,21,27-28H,18-20H2,1-4H3/t27-,28+/m1/s1/i18D,27D/t18-,27-,28+. The van der Waals surface area contributed by atoms with Crippen LogP contribution < -0.4 is 9.47 Å².